The molecule has 3 nitrogen and oxygen atoms in total. The lowest BCUT2D eigenvalue weighted by molar-refractivity contribution is 0.556. The van der Waals surface area contributed by atoms with Gasteiger partial charge in [-0.1, -0.05) is 152 Å². The lowest BCUT2D eigenvalue weighted by Crippen LogP contribution is -2.35. The van der Waals surface area contributed by atoms with Crippen LogP contribution in [0, 0.1) is 0 Å². The number of anilines is 1. The number of pyridine rings is 1. The summed E-state index contributed by atoms with van der Waals surface area (Å²) < 4.78 is 2.49. The Bertz CT molecular complexity index is 2610. The van der Waals surface area contributed by atoms with Crippen molar-refractivity contribution in [2.45, 2.75) is 11.5 Å². The number of hydrogen-bond donors (Lipinski definition) is 1. The highest BCUT2D eigenvalue weighted by Gasteiger charge is 2.52. The molecule has 50 heavy (non-hydrogen) atoms. The number of benzene rings is 7. The van der Waals surface area contributed by atoms with E-state index in [2.05, 4.69) is 191 Å². The summed E-state index contributed by atoms with van der Waals surface area (Å²) in [4.78, 5) is 4.58. The number of fused-ring (bicyclic) bond motifs is 6. The van der Waals surface area contributed by atoms with Crippen LogP contribution in [0.1, 0.15) is 28.3 Å². The van der Waals surface area contributed by atoms with Crippen LogP contribution in [-0.2, 0) is 5.41 Å². The molecule has 7 aromatic carbocycles. The Hall–Kier alpha value is -6.45. The van der Waals surface area contributed by atoms with E-state index in [9.17, 15) is 0 Å². The van der Waals surface area contributed by atoms with E-state index in [1.165, 1.54) is 49.4 Å². The fourth-order valence-electron chi connectivity index (χ4n) is 8.56. The molecule has 9 aromatic rings. The molecule has 1 atom stereocenters. The van der Waals surface area contributed by atoms with E-state index in [-0.39, 0.29) is 6.04 Å². The standard InChI is InChI=1S/C47H33N3/c1-4-14-33(15-5-1)46-47(35-17-6-2-7-18-35,36-19-8-3-9-20-36)44-42(49-46)29-28-40-39-22-12-13-23-43(39)50(45(40)44)37-26-24-32(25-27-37)41-31-48-30-34-16-10-11-21-38(34)41/h1-31,46,49H. The molecule has 0 spiro atoms. The van der Waals surface area contributed by atoms with Crippen LogP contribution in [0.15, 0.2) is 188 Å². The number of para-hydroxylation sites is 1. The highest BCUT2D eigenvalue weighted by molar-refractivity contribution is 6.13. The summed E-state index contributed by atoms with van der Waals surface area (Å²) in [6.45, 7) is 0. The molecule has 1 unspecified atom stereocenters. The van der Waals surface area contributed by atoms with E-state index in [1.54, 1.807) is 0 Å². The van der Waals surface area contributed by atoms with Gasteiger partial charge < -0.3 is 9.88 Å². The van der Waals surface area contributed by atoms with Gasteiger partial charge in [0.1, 0.15) is 0 Å². The molecule has 0 radical (unpaired) electrons. The van der Waals surface area contributed by atoms with Crippen LogP contribution >= 0.6 is 0 Å². The van der Waals surface area contributed by atoms with Crippen molar-refractivity contribution in [2.75, 3.05) is 5.32 Å². The Morgan fingerprint density at radius 1 is 0.520 bits per heavy atom. The second-order valence-electron chi connectivity index (χ2n) is 13.2. The Morgan fingerprint density at radius 3 is 1.86 bits per heavy atom. The van der Waals surface area contributed by atoms with Gasteiger partial charge in [0.25, 0.3) is 0 Å². The van der Waals surface area contributed by atoms with E-state index in [4.69, 9.17) is 0 Å². The first-order valence-electron chi connectivity index (χ1n) is 17.2. The molecule has 3 heterocycles. The average molecular weight is 640 g/mol. The zero-order valence-electron chi connectivity index (χ0n) is 27.4. The van der Waals surface area contributed by atoms with Gasteiger partial charge in [-0.3, -0.25) is 4.98 Å². The molecule has 1 aliphatic heterocycles. The summed E-state index contributed by atoms with van der Waals surface area (Å²) in [5, 5.41) is 8.92. The lowest BCUT2D eigenvalue weighted by Gasteiger charge is -2.38. The third kappa shape index (κ3) is 4.13. The minimum Gasteiger partial charge on any atom is -0.376 e. The van der Waals surface area contributed by atoms with E-state index < -0.39 is 5.41 Å². The molecule has 10 rings (SSSR count). The molecule has 0 aliphatic carbocycles. The van der Waals surface area contributed by atoms with Crippen molar-refractivity contribution in [1.82, 2.24) is 9.55 Å². The second kappa shape index (κ2) is 11.3. The predicted molar refractivity (Wildman–Crippen MR) is 207 cm³/mol. The molecule has 0 amide bonds. The summed E-state index contributed by atoms with van der Waals surface area (Å²) in [7, 11) is 0. The fraction of sp³-hybridized carbons (Fsp3) is 0.0426. The summed E-state index contributed by atoms with van der Waals surface area (Å²) in [5.41, 5.74) is 11.5. The second-order valence-corrected chi connectivity index (χ2v) is 13.2. The van der Waals surface area contributed by atoms with E-state index in [1.807, 2.05) is 12.4 Å². The Kier molecular flexibility index (Phi) is 6.47. The van der Waals surface area contributed by atoms with Crippen molar-refractivity contribution in [2.24, 2.45) is 0 Å². The van der Waals surface area contributed by atoms with Gasteiger partial charge in [0.05, 0.1) is 22.5 Å². The van der Waals surface area contributed by atoms with Crippen molar-refractivity contribution in [3.05, 3.63) is 211 Å². The number of rotatable bonds is 5. The molecule has 1 N–H and O–H groups in total. The van der Waals surface area contributed by atoms with Crippen molar-refractivity contribution in [3.63, 3.8) is 0 Å². The van der Waals surface area contributed by atoms with E-state index in [0.717, 1.165) is 27.9 Å². The first-order chi connectivity index (χ1) is 24.8. The van der Waals surface area contributed by atoms with E-state index >= 15 is 0 Å². The number of nitrogens with zero attached hydrogens (tertiary/aromatic N) is 2. The lowest BCUT2D eigenvalue weighted by atomic mass is 9.64. The molecule has 0 bridgehead atoms. The largest absolute Gasteiger partial charge is 0.376 e. The number of aromatic nitrogens is 2. The summed E-state index contributed by atoms with van der Waals surface area (Å²) in [6.07, 6.45) is 3.92. The summed E-state index contributed by atoms with van der Waals surface area (Å²) in [5.74, 6) is 0. The summed E-state index contributed by atoms with van der Waals surface area (Å²) >= 11 is 0. The highest BCUT2D eigenvalue weighted by atomic mass is 15.0. The molecule has 2 aromatic heterocycles. The zero-order chi connectivity index (χ0) is 33.1. The third-order valence-electron chi connectivity index (χ3n) is 10.7. The van der Waals surface area contributed by atoms with Crippen LogP contribution in [0.3, 0.4) is 0 Å². The van der Waals surface area contributed by atoms with Crippen molar-refractivity contribution in [3.8, 4) is 16.8 Å². The Labute approximate surface area is 291 Å². The van der Waals surface area contributed by atoms with Crippen molar-refractivity contribution in [1.29, 1.82) is 0 Å². The maximum Gasteiger partial charge on any atom is 0.0735 e. The first-order valence-corrected chi connectivity index (χ1v) is 17.2. The SMILES string of the molecule is c1ccc(C2Nc3ccc4c5ccccc5n(-c5ccc(-c6cncc7ccccc67)cc5)c4c3C2(c2ccccc2)c2ccccc2)cc1. The molecule has 0 fully saturated rings. The normalized spacial score (nSPS) is 14.9. The zero-order valence-corrected chi connectivity index (χ0v) is 27.4. The third-order valence-corrected chi connectivity index (χ3v) is 10.7. The highest BCUT2D eigenvalue weighted by Crippen LogP contribution is 2.59. The van der Waals surface area contributed by atoms with E-state index in [0.29, 0.717) is 0 Å². The van der Waals surface area contributed by atoms with Crippen LogP contribution in [0.25, 0.3) is 49.4 Å². The smallest absolute Gasteiger partial charge is 0.0735 e. The quantitative estimate of drug-likeness (QED) is 0.203. The maximum absolute atomic E-state index is 4.58. The van der Waals surface area contributed by atoms with Gasteiger partial charge in [-0.25, -0.2) is 0 Å². The fourth-order valence-corrected chi connectivity index (χ4v) is 8.56. The Balaban J connectivity index is 1.30. The van der Waals surface area contributed by atoms with Gasteiger partial charge in [0.15, 0.2) is 0 Å². The van der Waals surface area contributed by atoms with Crippen molar-refractivity contribution < 1.29 is 0 Å². The maximum atomic E-state index is 4.58. The average Bonchev–Trinajstić information content (AvgIpc) is 3.73. The van der Waals surface area contributed by atoms with Crippen LogP contribution in [0.5, 0.6) is 0 Å². The van der Waals surface area contributed by atoms with Gasteiger partial charge in [0.2, 0.25) is 0 Å². The Morgan fingerprint density at radius 2 is 1.14 bits per heavy atom. The van der Waals surface area contributed by atoms with Gasteiger partial charge in [-0.2, -0.15) is 0 Å². The minimum atomic E-state index is -0.528. The minimum absolute atomic E-state index is 0.0400. The molecule has 0 saturated carbocycles. The number of hydrogen-bond acceptors (Lipinski definition) is 2. The number of nitrogens with one attached hydrogen (secondary N) is 1. The van der Waals surface area contributed by atoms with Gasteiger partial charge in [0, 0.05) is 51.1 Å². The predicted octanol–water partition coefficient (Wildman–Crippen LogP) is 11.5. The van der Waals surface area contributed by atoms with Crippen molar-refractivity contribution >= 4 is 38.3 Å². The van der Waals surface area contributed by atoms with Crippen LogP contribution in [0.2, 0.25) is 0 Å². The summed E-state index contributed by atoms with van der Waals surface area (Å²) in [6, 6.07) is 64.0. The molecule has 3 heteroatoms. The molecule has 1 aliphatic rings. The van der Waals surface area contributed by atoms with Crippen LogP contribution in [-0.4, -0.2) is 9.55 Å². The monoisotopic (exact) mass is 639 g/mol. The molecule has 0 saturated heterocycles. The van der Waals surface area contributed by atoms with Crippen LogP contribution < -0.4 is 5.32 Å². The van der Waals surface area contributed by atoms with Gasteiger partial charge >= 0.3 is 0 Å². The topological polar surface area (TPSA) is 29.9 Å². The van der Waals surface area contributed by atoms with Crippen LogP contribution in [0.4, 0.5) is 5.69 Å². The molecular weight excluding hydrogens is 607 g/mol. The van der Waals surface area contributed by atoms with Gasteiger partial charge in [-0.15, -0.1) is 0 Å². The molecular formula is C47H33N3. The molecule has 236 valence electrons. The first kappa shape index (κ1) is 28.6. The van der Waals surface area contributed by atoms with Gasteiger partial charge in [-0.05, 0) is 51.9 Å².